The van der Waals surface area contributed by atoms with Gasteiger partial charge >= 0.3 is 6.18 Å². The summed E-state index contributed by atoms with van der Waals surface area (Å²) in [6.07, 6.45) is 12.5. The minimum absolute atomic E-state index is 0.0190. The smallest absolute Gasteiger partial charge is 0.349 e. The highest BCUT2D eigenvalue weighted by Gasteiger charge is 2.62. The van der Waals surface area contributed by atoms with Gasteiger partial charge < -0.3 is 15.5 Å². The molecule has 0 radical (unpaired) electrons. The van der Waals surface area contributed by atoms with E-state index in [1.165, 1.54) is 11.3 Å². The van der Waals surface area contributed by atoms with Gasteiger partial charge in [-0.05, 0) is 67.2 Å². The van der Waals surface area contributed by atoms with Crippen LogP contribution in [0.3, 0.4) is 0 Å². The first-order valence-corrected chi connectivity index (χ1v) is 15.7. The standard InChI is InChI=1S/C32H40F3N3O2S/c1-22-8-7-9-25-27(22)31(29(40)36-21-32(33,34)35,26-10-3-4-14-30(25,26)2)15-5-6-16-38-17-11-24(12-18-38)37-28(39)23-13-19-41-20-23/h3-4,7,9-10,13-14,19-20,22,24,26H,5-6,8,11-12,15-18,21H2,1-2H3,(H,36,40)(H,37,39). The Balaban J connectivity index is 1.25. The van der Waals surface area contributed by atoms with E-state index in [2.05, 4.69) is 47.6 Å². The predicted molar refractivity (Wildman–Crippen MR) is 156 cm³/mol. The van der Waals surface area contributed by atoms with Crippen molar-refractivity contribution in [3.8, 4) is 0 Å². The van der Waals surface area contributed by atoms with E-state index in [1.54, 1.807) is 0 Å². The molecule has 0 spiro atoms. The maximum absolute atomic E-state index is 13.9. The lowest BCUT2D eigenvalue weighted by Gasteiger charge is -2.42. The lowest BCUT2D eigenvalue weighted by atomic mass is 9.61. The Morgan fingerprint density at radius 3 is 2.66 bits per heavy atom. The molecular formula is C32H40F3N3O2S. The molecule has 4 unspecified atom stereocenters. The van der Waals surface area contributed by atoms with Crippen molar-refractivity contribution in [1.29, 1.82) is 0 Å². The number of allylic oxidation sites excluding steroid dienone is 7. The minimum Gasteiger partial charge on any atom is -0.349 e. The molecule has 2 amide bonds. The maximum Gasteiger partial charge on any atom is 0.405 e. The number of hydrogen-bond donors (Lipinski definition) is 2. The number of fused-ring (bicyclic) bond motifs is 2. The molecule has 5 nitrogen and oxygen atoms in total. The van der Waals surface area contributed by atoms with E-state index in [0.29, 0.717) is 12.0 Å². The van der Waals surface area contributed by atoms with Gasteiger partial charge in [-0.25, -0.2) is 0 Å². The van der Waals surface area contributed by atoms with Gasteiger partial charge in [-0.2, -0.15) is 24.5 Å². The number of rotatable bonds is 9. The van der Waals surface area contributed by atoms with Crippen molar-refractivity contribution >= 4 is 23.2 Å². The number of thiophene rings is 1. The van der Waals surface area contributed by atoms with Gasteiger partial charge in [0, 0.05) is 41.4 Å². The van der Waals surface area contributed by atoms with Crippen molar-refractivity contribution in [3.63, 3.8) is 0 Å². The monoisotopic (exact) mass is 587 g/mol. The number of nitrogens with zero attached hydrogens (tertiary/aromatic N) is 1. The number of hydrogen-bond acceptors (Lipinski definition) is 4. The Kier molecular flexibility index (Phi) is 8.67. The molecule has 0 saturated carbocycles. The summed E-state index contributed by atoms with van der Waals surface area (Å²) in [5, 5.41) is 9.20. The van der Waals surface area contributed by atoms with Crippen LogP contribution in [0.25, 0.3) is 0 Å². The number of unbranched alkanes of at least 4 members (excludes halogenated alkanes) is 1. The van der Waals surface area contributed by atoms with Crippen molar-refractivity contribution in [1.82, 2.24) is 15.5 Å². The summed E-state index contributed by atoms with van der Waals surface area (Å²) in [6, 6.07) is 1.99. The summed E-state index contributed by atoms with van der Waals surface area (Å²) in [6.45, 7) is 5.54. The third-order valence-electron chi connectivity index (χ3n) is 9.51. The highest BCUT2D eigenvalue weighted by atomic mass is 32.1. The molecule has 1 aromatic heterocycles. The summed E-state index contributed by atoms with van der Waals surface area (Å²) in [5.74, 6) is -0.667. The lowest BCUT2D eigenvalue weighted by molar-refractivity contribution is -0.145. The summed E-state index contributed by atoms with van der Waals surface area (Å²) < 4.78 is 39.7. The molecule has 3 aliphatic carbocycles. The normalized spacial score (nSPS) is 29.9. The van der Waals surface area contributed by atoms with Crippen molar-refractivity contribution in [2.75, 3.05) is 26.2 Å². The lowest BCUT2D eigenvalue weighted by Crippen LogP contribution is -2.50. The summed E-state index contributed by atoms with van der Waals surface area (Å²) in [7, 11) is 0. The fourth-order valence-electron chi connectivity index (χ4n) is 7.56. The van der Waals surface area contributed by atoms with Gasteiger partial charge in [-0.15, -0.1) is 0 Å². The summed E-state index contributed by atoms with van der Waals surface area (Å²) >= 11 is 1.51. The molecule has 1 aliphatic heterocycles. The van der Waals surface area contributed by atoms with E-state index in [-0.39, 0.29) is 23.8 Å². The van der Waals surface area contributed by atoms with Crippen LogP contribution in [0.1, 0.15) is 62.7 Å². The van der Waals surface area contributed by atoms with Gasteiger partial charge in [-0.1, -0.05) is 56.7 Å². The molecule has 4 atom stereocenters. The molecule has 41 heavy (non-hydrogen) atoms. The third kappa shape index (κ3) is 5.98. The van der Waals surface area contributed by atoms with E-state index >= 15 is 0 Å². The number of likely N-dealkylation sites (tertiary alicyclic amines) is 1. The molecule has 9 heteroatoms. The Bertz CT molecular complexity index is 1240. The number of alkyl halides is 3. The second-order valence-corrected chi connectivity index (χ2v) is 13.0. The van der Waals surface area contributed by atoms with Crippen LogP contribution in [0.4, 0.5) is 13.2 Å². The second kappa shape index (κ2) is 11.9. The second-order valence-electron chi connectivity index (χ2n) is 12.2. The van der Waals surface area contributed by atoms with Gasteiger partial charge in [0.05, 0.1) is 5.41 Å². The molecule has 5 rings (SSSR count). The zero-order valence-electron chi connectivity index (χ0n) is 23.8. The number of carbonyl (C=O) groups is 2. The third-order valence-corrected chi connectivity index (χ3v) is 10.2. The van der Waals surface area contributed by atoms with Crippen LogP contribution in [0, 0.1) is 22.7 Å². The van der Waals surface area contributed by atoms with E-state index in [1.807, 2.05) is 35.1 Å². The van der Waals surface area contributed by atoms with E-state index in [0.717, 1.165) is 62.9 Å². The van der Waals surface area contributed by atoms with Crippen molar-refractivity contribution in [3.05, 3.63) is 70.0 Å². The number of halogens is 3. The molecule has 1 fully saturated rings. The SMILES string of the molecule is CC1CC=CC2=C1C(CCCCN1CCC(NC(=O)c3ccsc3)CC1)(C(=O)NCC(F)(F)F)C1C=CC=CC21C. The molecule has 1 aromatic rings. The van der Waals surface area contributed by atoms with Gasteiger partial charge in [0.2, 0.25) is 5.91 Å². The number of nitrogens with one attached hydrogen (secondary N) is 2. The van der Waals surface area contributed by atoms with Crippen LogP contribution in [-0.2, 0) is 4.79 Å². The van der Waals surface area contributed by atoms with Crippen LogP contribution < -0.4 is 10.6 Å². The Hall–Kier alpha value is -2.65. The fraction of sp³-hybridized carbons (Fsp3) is 0.562. The minimum atomic E-state index is -4.47. The van der Waals surface area contributed by atoms with Gasteiger partial charge in [-0.3, -0.25) is 9.59 Å². The van der Waals surface area contributed by atoms with Crippen LogP contribution in [-0.4, -0.2) is 55.1 Å². The zero-order chi connectivity index (χ0) is 29.3. The van der Waals surface area contributed by atoms with Crippen molar-refractivity contribution in [2.45, 2.75) is 64.6 Å². The molecule has 2 N–H and O–H groups in total. The van der Waals surface area contributed by atoms with Crippen LogP contribution in [0.2, 0.25) is 0 Å². The fourth-order valence-corrected chi connectivity index (χ4v) is 8.19. The average Bonchev–Trinajstić information content (AvgIpc) is 3.56. The first-order valence-electron chi connectivity index (χ1n) is 14.7. The molecule has 222 valence electrons. The average molecular weight is 588 g/mol. The highest BCUT2D eigenvalue weighted by molar-refractivity contribution is 7.08. The molecule has 0 bridgehead atoms. The molecule has 1 saturated heterocycles. The molecule has 2 heterocycles. The zero-order valence-corrected chi connectivity index (χ0v) is 24.6. The number of carbonyl (C=O) groups excluding carboxylic acids is 2. The first-order chi connectivity index (χ1) is 19.5. The largest absolute Gasteiger partial charge is 0.405 e. The Morgan fingerprint density at radius 2 is 1.95 bits per heavy atom. The van der Waals surface area contributed by atoms with Crippen molar-refractivity contribution < 1.29 is 22.8 Å². The highest BCUT2D eigenvalue weighted by Crippen LogP contribution is 2.65. The van der Waals surface area contributed by atoms with Crippen LogP contribution >= 0.6 is 11.3 Å². The van der Waals surface area contributed by atoms with Crippen LogP contribution in [0.15, 0.2) is 64.4 Å². The summed E-state index contributed by atoms with van der Waals surface area (Å²) in [4.78, 5) is 28.7. The Morgan fingerprint density at radius 1 is 1.17 bits per heavy atom. The summed E-state index contributed by atoms with van der Waals surface area (Å²) in [5.41, 5.74) is 1.37. The van der Waals surface area contributed by atoms with Gasteiger partial charge in [0.1, 0.15) is 6.54 Å². The maximum atomic E-state index is 13.9. The molecular weight excluding hydrogens is 547 g/mol. The first kappa shape index (κ1) is 29.8. The van der Waals surface area contributed by atoms with E-state index < -0.39 is 29.5 Å². The molecule has 4 aliphatic rings. The predicted octanol–water partition coefficient (Wildman–Crippen LogP) is 6.43. The quantitative estimate of drug-likeness (QED) is 0.327. The van der Waals surface area contributed by atoms with Gasteiger partial charge in [0.25, 0.3) is 5.91 Å². The van der Waals surface area contributed by atoms with Crippen LogP contribution in [0.5, 0.6) is 0 Å². The topological polar surface area (TPSA) is 61.4 Å². The van der Waals surface area contributed by atoms with Gasteiger partial charge in [0.15, 0.2) is 0 Å². The number of amides is 2. The van der Waals surface area contributed by atoms with Crippen molar-refractivity contribution in [2.24, 2.45) is 22.7 Å². The van der Waals surface area contributed by atoms with E-state index in [4.69, 9.17) is 0 Å². The molecule has 0 aromatic carbocycles. The van der Waals surface area contributed by atoms with E-state index in [9.17, 15) is 22.8 Å². The Labute approximate surface area is 244 Å². The number of piperidine rings is 1.